The fraction of sp³-hybridized carbons (Fsp3) is 0.500. The van der Waals surface area contributed by atoms with E-state index < -0.39 is 11.2 Å². The van der Waals surface area contributed by atoms with Crippen molar-refractivity contribution in [3.05, 3.63) is 47.5 Å². The molecule has 33 heavy (non-hydrogen) atoms. The average Bonchev–Trinajstić information content (AvgIpc) is 3.08. The van der Waals surface area contributed by atoms with Crippen LogP contribution >= 0.6 is 11.6 Å². The predicted octanol–water partition coefficient (Wildman–Crippen LogP) is 5.10. The highest BCUT2D eigenvalue weighted by Gasteiger charge is 2.35. The molecule has 0 radical (unpaired) electrons. The van der Waals surface area contributed by atoms with E-state index in [1.54, 1.807) is 28.0 Å². The molecule has 1 fully saturated rings. The minimum Gasteiger partial charge on any atom is -0.444 e. The molecule has 1 atom stereocenters. The Kier molecular flexibility index (Phi) is 7.59. The van der Waals surface area contributed by atoms with Gasteiger partial charge in [-0.05, 0) is 52.2 Å². The summed E-state index contributed by atoms with van der Waals surface area (Å²) in [5, 5.41) is 17.1. The Morgan fingerprint density at radius 2 is 1.94 bits per heavy atom. The van der Waals surface area contributed by atoms with E-state index in [0.717, 1.165) is 10.9 Å². The number of carbonyl (C=O) groups is 1. The Labute approximate surface area is 199 Å². The van der Waals surface area contributed by atoms with Crippen LogP contribution in [0.5, 0.6) is 0 Å². The monoisotopic (exact) mass is 473 g/mol. The maximum atomic E-state index is 12.5. The van der Waals surface area contributed by atoms with Crippen molar-refractivity contribution in [2.75, 3.05) is 13.1 Å². The molecular formula is C24H32ClN5O3. The third kappa shape index (κ3) is 5.81. The largest absolute Gasteiger partial charge is 0.444 e. The number of aromatic nitrogens is 4. The second-order valence-corrected chi connectivity index (χ2v) is 9.24. The van der Waals surface area contributed by atoms with Gasteiger partial charge in [0.15, 0.2) is 5.82 Å². The second-order valence-electron chi connectivity index (χ2n) is 8.86. The van der Waals surface area contributed by atoms with Gasteiger partial charge in [-0.15, -0.1) is 0 Å². The Morgan fingerprint density at radius 3 is 2.67 bits per heavy atom. The predicted molar refractivity (Wildman–Crippen MR) is 129 cm³/mol. The van der Waals surface area contributed by atoms with Crippen molar-refractivity contribution in [2.45, 2.75) is 65.1 Å². The molecule has 3 aromatic heterocycles. The number of pyridine rings is 2. The molecule has 1 unspecified atom stereocenters. The lowest BCUT2D eigenvalue weighted by molar-refractivity contribution is 0.0102. The van der Waals surface area contributed by atoms with E-state index in [9.17, 15) is 9.90 Å². The summed E-state index contributed by atoms with van der Waals surface area (Å²) in [4.78, 5) is 22.9. The molecule has 3 aromatic rings. The van der Waals surface area contributed by atoms with E-state index in [1.807, 2.05) is 52.8 Å². The van der Waals surface area contributed by atoms with Crippen molar-refractivity contribution in [1.29, 1.82) is 0 Å². The van der Waals surface area contributed by atoms with E-state index in [2.05, 4.69) is 10.1 Å². The van der Waals surface area contributed by atoms with E-state index in [4.69, 9.17) is 21.3 Å². The minimum absolute atomic E-state index is 0.355. The molecular weight excluding hydrogens is 442 g/mol. The molecule has 178 valence electrons. The van der Waals surface area contributed by atoms with E-state index in [1.165, 1.54) is 0 Å². The highest BCUT2D eigenvalue weighted by Crippen LogP contribution is 2.33. The lowest BCUT2D eigenvalue weighted by Gasteiger charge is -2.28. The Balaban J connectivity index is 0.00000149. The van der Waals surface area contributed by atoms with Crippen LogP contribution in [0.2, 0.25) is 5.15 Å². The summed E-state index contributed by atoms with van der Waals surface area (Å²) in [5.41, 5.74) is -0.358. The third-order valence-electron chi connectivity index (χ3n) is 5.31. The molecule has 0 aromatic carbocycles. The smallest absolute Gasteiger partial charge is 0.410 e. The van der Waals surface area contributed by atoms with Gasteiger partial charge >= 0.3 is 6.09 Å². The van der Waals surface area contributed by atoms with Crippen molar-refractivity contribution >= 4 is 28.6 Å². The number of rotatable bonds is 2. The topological polar surface area (TPSA) is 93.4 Å². The van der Waals surface area contributed by atoms with Crippen LogP contribution in [0.3, 0.4) is 0 Å². The molecule has 9 heteroatoms. The van der Waals surface area contributed by atoms with Gasteiger partial charge in [0.05, 0.1) is 17.4 Å². The normalized spacial score (nSPS) is 18.9. The van der Waals surface area contributed by atoms with Crippen LogP contribution in [0.15, 0.2) is 36.7 Å². The molecule has 4 rings (SSSR count). The summed E-state index contributed by atoms with van der Waals surface area (Å²) < 4.78 is 7.17. The minimum atomic E-state index is -1.14. The fourth-order valence-corrected chi connectivity index (χ4v) is 3.92. The summed E-state index contributed by atoms with van der Waals surface area (Å²) in [5.74, 6) is 0.580. The van der Waals surface area contributed by atoms with Gasteiger partial charge in [-0.2, -0.15) is 5.10 Å². The molecule has 0 bridgehead atoms. The lowest BCUT2D eigenvalue weighted by atomic mass is 9.90. The Morgan fingerprint density at radius 1 is 1.18 bits per heavy atom. The molecule has 1 aliphatic rings. The number of fused-ring (bicyclic) bond motifs is 1. The quantitative estimate of drug-likeness (QED) is 0.520. The number of hydrogen-bond donors (Lipinski definition) is 1. The molecule has 0 aliphatic carbocycles. The fourth-order valence-electron chi connectivity index (χ4n) is 3.76. The lowest BCUT2D eigenvalue weighted by Crippen LogP contribution is -2.38. The zero-order valence-electron chi connectivity index (χ0n) is 19.9. The Bertz CT molecular complexity index is 1110. The van der Waals surface area contributed by atoms with Gasteiger partial charge in [-0.3, -0.25) is 0 Å². The number of halogens is 1. The molecule has 4 heterocycles. The van der Waals surface area contributed by atoms with E-state index in [-0.39, 0.29) is 6.09 Å². The first-order valence-corrected chi connectivity index (χ1v) is 11.7. The van der Waals surface area contributed by atoms with E-state index in [0.29, 0.717) is 49.0 Å². The van der Waals surface area contributed by atoms with Crippen molar-refractivity contribution < 1.29 is 14.6 Å². The number of nitrogens with zero attached hydrogens (tertiary/aromatic N) is 5. The first-order chi connectivity index (χ1) is 15.6. The third-order valence-corrected chi connectivity index (χ3v) is 5.52. The van der Waals surface area contributed by atoms with Crippen molar-refractivity contribution in [2.24, 2.45) is 0 Å². The van der Waals surface area contributed by atoms with Crippen LogP contribution in [0.25, 0.3) is 16.7 Å². The van der Waals surface area contributed by atoms with Gasteiger partial charge < -0.3 is 14.7 Å². The number of likely N-dealkylation sites (tertiary alicyclic amines) is 1. The van der Waals surface area contributed by atoms with Crippen molar-refractivity contribution in [3.63, 3.8) is 0 Å². The zero-order chi connectivity index (χ0) is 24.2. The number of hydrogen-bond acceptors (Lipinski definition) is 6. The summed E-state index contributed by atoms with van der Waals surface area (Å²) in [6.07, 6.45) is 4.53. The molecule has 8 nitrogen and oxygen atoms in total. The molecule has 1 N–H and O–H groups in total. The summed E-state index contributed by atoms with van der Waals surface area (Å²) in [6, 6.07) is 7.23. The van der Waals surface area contributed by atoms with Gasteiger partial charge in [-0.1, -0.05) is 31.5 Å². The van der Waals surface area contributed by atoms with Crippen LogP contribution in [-0.2, 0) is 10.3 Å². The van der Waals surface area contributed by atoms with Crippen LogP contribution in [0.4, 0.5) is 4.79 Å². The molecule has 0 saturated carbocycles. The zero-order valence-corrected chi connectivity index (χ0v) is 20.6. The van der Waals surface area contributed by atoms with Crippen molar-refractivity contribution in [1.82, 2.24) is 24.6 Å². The maximum absolute atomic E-state index is 12.5. The first-order valence-electron chi connectivity index (χ1n) is 11.3. The first kappa shape index (κ1) is 24.9. The number of amides is 1. The molecule has 1 amide bonds. The summed E-state index contributed by atoms with van der Waals surface area (Å²) in [6.45, 7) is 10.5. The van der Waals surface area contributed by atoms with Gasteiger partial charge in [0, 0.05) is 30.7 Å². The molecule has 1 aliphatic heterocycles. The maximum Gasteiger partial charge on any atom is 0.410 e. The van der Waals surface area contributed by atoms with Crippen molar-refractivity contribution in [3.8, 4) is 5.82 Å². The summed E-state index contributed by atoms with van der Waals surface area (Å²) >= 11 is 6.05. The summed E-state index contributed by atoms with van der Waals surface area (Å²) in [7, 11) is 0. The van der Waals surface area contributed by atoms with Gasteiger partial charge in [0.1, 0.15) is 16.4 Å². The molecule has 0 spiro atoms. The second kappa shape index (κ2) is 10.1. The Hall–Kier alpha value is -2.71. The SMILES string of the molecule is CC.CC(C)(C)OC(=O)N1CCCC(O)(c2cccc(-n3ncc4cnc(Cl)cc43)n2)CC1. The van der Waals surface area contributed by atoms with Crippen LogP contribution in [-0.4, -0.2) is 54.5 Å². The number of carbonyl (C=O) groups excluding carboxylic acids is 1. The van der Waals surface area contributed by atoms with Crippen LogP contribution in [0, 0.1) is 0 Å². The van der Waals surface area contributed by atoms with Gasteiger partial charge in [0.25, 0.3) is 0 Å². The van der Waals surface area contributed by atoms with Crippen LogP contribution in [0.1, 0.15) is 59.6 Å². The van der Waals surface area contributed by atoms with E-state index >= 15 is 0 Å². The highest BCUT2D eigenvalue weighted by molar-refractivity contribution is 6.30. The number of aliphatic hydroxyl groups is 1. The van der Waals surface area contributed by atoms with Crippen LogP contribution < -0.4 is 0 Å². The average molecular weight is 474 g/mol. The highest BCUT2D eigenvalue weighted by atomic mass is 35.5. The van der Waals surface area contributed by atoms with Gasteiger partial charge in [-0.25, -0.2) is 19.4 Å². The number of ether oxygens (including phenoxy) is 1. The standard InChI is InChI=1S/C22H26ClN5O3.C2H6/c1-21(2,3)31-20(29)27-10-5-8-22(30,9-11-27)17-6-4-7-19(26-17)28-16-12-18(23)24-13-15(16)14-25-28;1-2/h4,6-7,12-14,30H,5,8-11H2,1-3H3;1-2H3. The van der Waals surface area contributed by atoms with Gasteiger partial charge in [0.2, 0.25) is 0 Å². The molecule has 1 saturated heterocycles.